The molecule has 5 nitrogen and oxygen atoms in total. The summed E-state index contributed by atoms with van der Waals surface area (Å²) >= 11 is 0. The molecular weight excluding hydrogens is 717 g/mol. The number of hydrogen-bond donors (Lipinski definition) is 0. The van der Waals surface area contributed by atoms with Gasteiger partial charge in [0, 0.05) is 6.42 Å². The molecule has 5 heteroatoms. The molecule has 0 aromatic rings. The van der Waals surface area contributed by atoms with Crippen LogP contribution in [0, 0.1) is 0 Å². The molecule has 0 spiro atoms. The van der Waals surface area contributed by atoms with Crippen LogP contribution in [0.2, 0.25) is 0 Å². The van der Waals surface area contributed by atoms with E-state index in [-0.39, 0.29) is 31.6 Å². The minimum Gasteiger partial charge on any atom is -0.461 e. The molecule has 0 saturated heterocycles. The lowest BCUT2D eigenvalue weighted by atomic mass is 10.1. The van der Waals surface area contributed by atoms with Crippen molar-refractivity contribution in [1.82, 2.24) is 0 Å². The van der Waals surface area contributed by atoms with Crippen LogP contribution in [0.1, 0.15) is 175 Å². The third-order valence-electron chi connectivity index (χ3n) is 9.05. The lowest BCUT2D eigenvalue weighted by molar-refractivity contribution is -0.162. The molecule has 0 aromatic carbocycles. The second-order valence-corrected chi connectivity index (χ2v) is 14.6. The molecule has 0 aliphatic heterocycles. The maximum atomic E-state index is 12.7. The predicted octanol–water partition coefficient (Wildman–Crippen LogP) is 15.4. The first-order valence-corrected chi connectivity index (χ1v) is 23.1. The molecule has 0 aliphatic rings. The van der Waals surface area contributed by atoms with E-state index >= 15 is 0 Å². The number of esters is 2. The molecule has 1 unspecified atom stereocenters. The monoisotopic (exact) mass is 801 g/mol. The Morgan fingerprint density at radius 3 is 1.22 bits per heavy atom. The first kappa shape index (κ1) is 54.3. The van der Waals surface area contributed by atoms with E-state index in [1.54, 1.807) is 0 Å². The number of rotatable bonds is 40. The van der Waals surface area contributed by atoms with Gasteiger partial charge in [0.05, 0.1) is 19.6 Å². The van der Waals surface area contributed by atoms with Crippen molar-refractivity contribution in [2.75, 3.05) is 19.8 Å². The van der Waals surface area contributed by atoms with Crippen LogP contribution in [0.5, 0.6) is 0 Å². The summed E-state index contributed by atoms with van der Waals surface area (Å²) in [6, 6.07) is 0. The highest BCUT2D eigenvalue weighted by molar-refractivity contribution is 5.71. The van der Waals surface area contributed by atoms with E-state index in [4.69, 9.17) is 14.2 Å². The molecular formula is C53H84O5. The van der Waals surface area contributed by atoms with Gasteiger partial charge in [0.15, 0.2) is 6.10 Å². The van der Waals surface area contributed by atoms with Crippen molar-refractivity contribution in [3.63, 3.8) is 0 Å². The summed E-state index contributed by atoms with van der Waals surface area (Å²) in [5.74, 6) is -0.595. The van der Waals surface area contributed by atoms with Crippen molar-refractivity contribution in [2.45, 2.75) is 181 Å². The van der Waals surface area contributed by atoms with Gasteiger partial charge in [-0.05, 0) is 77.0 Å². The minimum absolute atomic E-state index is 0.00476. The molecule has 0 aromatic heterocycles. The number of allylic oxidation sites excluding steroid dienone is 18. The van der Waals surface area contributed by atoms with Gasteiger partial charge in [0.25, 0.3) is 0 Å². The highest BCUT2D eigenvalue weighted by Crippen LogP contribution is 2.13. The average molecular weight is 801 g/mol. The van der Waals surface area contributed by atoms with E-state index in [0.717, 1.165) is 89.9 Å². The molecule has 326 valence electrons. The molecule has 0 amide bonds. The number of hydrogen-bond acceptors (Lipinski definition) is 5. The number of carbonyl (C=O) groups is 2. The van der Waals surface area contributed by atoms with Crippen LogP contribution >= 0.6 is 0 Å². The first-order chi connectivity index (χ1) is 28.6. The normalized spacial score (nSPS) is 13.4. The fraction of sp³-hybridized carbons (Fsp3) is 0.585. The summed E-state index contributed by atoms with van der Waals surface area (Å²) < 4.78 is 17.1. The molecule has 0 saturated carbocycles. The van der Waals surface area contributed by atoms with E-state index in [2.05, 4.69) is 130 Å². The summed E-state index contributed by atoms with van der Waals surface area (Å²) in [6.07, 6.45) is 66.7. The molecule has 58 heavy (non-hydrogen) atoms. The Balaban J connectivity index is 4.52. The van der Waals surface area contributed by atoms with Gasteiger partial charge in [-0.25, -0.2) is 0 Å². The van der Waals surface area contributed by atoms with E-state index < -0.39 is 6.10 Å². The third kappa shape index (κ3) is 45.0. The fourth-order valence-corrected chi connectivity index (χ4v) is 5.70. The van der Waals surface area contributed by atoms with Crippen molar-refractivity contribution in [3.8, 4) is 0 Å². The molecule has 0 bridgehead atoms. The Kier molecular flexibility index (Phi) is 44.6. The van der Waals surface area contributed by atoms with Crippen molar-refractivity contribution >= 4 is 11.9 Å². The maximum absolute atomic E-state index is 12.7. The fourth-order valence-electron chi connectivity index (χ4n) is 5.70. The second-order valence-electron chi connectivity index (χ2n) is 14.6. The van der Waals surface area contributed by atoms with Gasteiger partial charge in [-0.3, -0.25) is 9.59 Å². The topological polar surface area (TPSA) is 61.8 Å². The predicted molar refractivity (Wildman–Crippen MR) is 251 cm³/mol. The largest absolute Gasteiger partial charge is 0.461 e. The van der Waals surface area contributed by atoms with E-state index in [1.807, 2.05) is 12.2 Å². The Morgan fingerprint density at radius 2 is 0.793 bits per heavy atom. The summed E-state index contributed by atoms with van der Waals surface area (Å²) in [6.45, 7) is 7.25. The number of unbranched alkanes of at least 4 members (excludes halogenated alkanes) is 10. The Hall–Kier alpha value is -3.70. The number of ether oxygens (including phenoxy) is 3. The lowest BCUT2D eigenvalue weighted by Crippen LogP contribution is -2.30. The van der Waals surface area contributed by atoms with Crippen molar-refractivity contribution in [2.24, 2.45) is 0 Å². The zero-order valence-corrected chi connectivity index (χ0v) is 37.3. The Morgan fingerprint density at radius 1 is 0.414 bits per heavy atom. The molecule has 0 rings (SSSR count). The van der Waals surface area contributed by atoms with Crippen LogP contribution in [0.4, 0.5) is 0 Å². The zero-order chi connectivity index (χ0) is 42.1. The molecule has 0 radical (unpaired) electrons. The summed E-state index contributed by atoms with van der Waals surface area (Å²) in [5, 5.41) is 0. The highest BCUT2D eigenvalue weighted by Gasteiger charge is 2.17. The van der Waals surface area contributed by atoms with E-state index in [1.165, 1.54) is 51.4 Å². The zero-order valence-electron chi connectivity index (χ0n) is 37.3. The summed E-state index contributed by atoms with van der Waals surface area (Å²) in [7, 11) is 0. The standard InChI is InChI=1S/C53H84O5/c1-4-7-10-13-16-19-22-24-26-28-30-33-36-39-42-45-48-56-49-51(58-53(55)47-44-41-38-35-31-21-18-15-12-9-6-3)50-57-52(54)46-43-40-37-34-32-29-27-25-23-20-17-14-11-8-5-2/h7-8,10-11,16-17,19-20,24-27,30,32-34,39-40,42-43,51H,4-6,9,12-15,18,21-23,28-29,31,35-38,41,44-50H2,1-3H3/b10-7-,11-8-,19-16-,20-17-,26-24-,27-25-,33-30-,34-32-,42-39-,43-40-. The molecule has 0 N–H and O–H groups in total. The van der Waals surface area contributed by atoms with Gasteiger partial charge in [-0.1, -0.05) is 206 Å². The number of carbonyl (C=O) groups excluding carboxylic acids is 2. The van der Waals surface area contributed by atoms with Gasteiger partial charge >= 0.3 is 11.9 Å². The van der Waals surface area contributed by atoms with Crippen LogP contribution in [-0.2, 0) is 23.8 Å². The quantitative estimate of drug-likeness (QED) is 0.0351. The van der Waals surface area contributed by atoms with Gasteiger partial charge in [-0.15, -0.1) is 0 Å². The minimum atomic E-state index is -0.620. The van der Waals surface area contributed by atoms with Crippen LogP contribution in [-0.4, -0.2) is 37.9 Å². The van der Waals surface area contributed by atoms with Crippen LogP contribution < -0.4 is 0 Å². The smallest absolute Gasteiger partial charge is 0.309 e. The van der Waals surface area contributed by atoms with Crippen LogP contribution in [0.25, 0.3) is 0 Å². The molecule has 0 fully saturated rings. The van der Waals surface area contributed by atoms with Gasteiger partial charge in [-0.2, -0.15) is 0 Å². The van der Waals surface area contributed by atoms with Crippen LogP contribution in [0.15, 0.2) is 122 Å². The maximum Gasteiger partial charge on any atom is 0.309 e. The van der Waals surface area contributed by atoms with Crippen molar-refractivity contribution in [3.05, 3.63) is 122 Å². The van der Waals surface area contributed by atoms with E-state index in [9.17, 15) is 9.59 Å². The van der Waals surface area contributed by atoms with Gasteiger partial charge < -0.3 is 14.2 Å². The van der Waals surface area contributed by atoms with Crippen molar-refractivity contribution in [1.29, 1.82) is 0 Å². The van der Waals surface area contributed by atoms with Gasteiger partial charge in [0.1, 0.15) is 6.61 Å². The molecule has 0 heterocycles. The summed E-state index contributed by atoms with van der Waals surface area (Å²) in [4.78, 5) is 25.2. The van der Waals surface area contributed by atoms with Crippen LogP contribution in [0.3, 0.4) is 0 Å². The Labute approximate surface area is 356 Å². The average Bonchev–Trinajstić information content (AvgIpc) is 3.22. The first-order valence-electron chi connectivity index (χ1n) is 23.1. The summed E-state index contributed by atoms with van der Waals surface area (Å²) in [5.41, 5.74) is 0. The van der Waals surface area contributed by atoms with Crippen molar-refractivity contribution < 1.29 is 23.8 Å². The van der Waals surface area contributed by atoms with E-state index in [0.29, 0.717) is 13.0 Å². The SMILES string of the molecule is CC/C=C\C/C=C\C/C=C\C/C=C\C/C=C\CCOCC(COC(=O)C/C=C\C/C=C\C/C=C\C/C=C\C/C=C\CC)OC(=O)CCCCCCCCCCCCC. The third-order valence-corrected chi connectivity index (χ3v) is 9.05. The molecule has 1 atom stereocenters. The highest BCUT2D eigenvalue weighted by atomic mass is 16.6. The molecule has 0 aliphatic carbocycles. The lowest BCUT2D eigenvalue weighted by Gasteiger charge is -2.18. The Bertz CT molecular complexity index is 1220. The van der Waals surface area contributed by atoms with Gasteiger partial charge in [0.2, 0.25) is 0 Å². The second kappa shape index (κ2) is 47.7.